The average molecular weight is 351 g/mol. The number of amides is 2. The Morgan fingerprint density at radius 1 is 1.19 bits per heavy atom. The smallest absolute Gasteiger partial charge is 0.241 e. The number of aromatic nitrogens is 3. The van der Waals surface area contributed by atoms with Gasteiger partial charge in [0.25, 0.3) is 0 Å². The highest BCUT2D eigenvalue weighted by Crippen LogP contribution is 2.28. The van der Waals surface area contributed by atoms with Gasteiger partial charge in [0.1, 0.15) is 0 Å². The normalized spacial score (nSPS) is 13.9. The summed E-state index contributed by atoms with van der Waals surface area (Å²) in [7, 11) is 0. The van der Waals surface area contributed by atoms with Gasteiger partial charge in [-0.05, 0) is 50.8 Å². The van der Waals surface area contributed by atoms with Crippen LogP contribution in [-0.2, 0) is 16.0 Å². The van der Waals surface area contributed by atoms with E-state index in [4.69, 9.17) is 4.98 Å². The van der Waals surface area contributed by atoms with E-state index in [0.29, 0.717) is 6.42 Å². The van der Waals surface area contributed by atoms with Crippen molar-refractivity contribution in [2.75, 3.05) is 0 Å². The van der Waals surface area contributed by atoms with Crippen LogP contribution in [0, 0.1) is 19.8 Å². The molecule has 26 heavy (non-hydrogen) atoms. The molecule has 1 fully saturated rings. The molecule has 134 valence electrons. The highest BCUT2D eigenvalue weighted by molar-refractivity contribution is 5.92. The predicted octanol–water partition coefficient (Wildman–Crippen LogP) is 1.99. The lowest BCUT2D eigenvalue weighted by atomic mass is 10.1. The lowest BCUT2D eigenvalue weighted by Gasteiger charge is -2.11. The van der Waals surface area contributed by atoms with Gasteiger partial charge in [-0.1, -0.05) is 12.1 Å². The van der Waals surface area contributed by atoms with E-state index in [-0.39, 0.29) is 24.2 Å². The molecule has 2 N–H and O–H groups in total. The minimum Gasteiger partial charge on any atom is -0.273 e. The van der Waals surface area contributed by atoms with Gasteiger partial charge >= 0.3 is 0 Å². The van der Waals surface area contributed by atoms with Crippen molar-refractivity contribution in [2.24, 2.45) is 5.92 Å². The number of rotatable bonds is 4. The molecule has 3 aromatic rings. The number of carbonyl (C=O) groups excluding carboxylic acids is 2. The third-order valence-electron chi connectivity index (χ3n) is 4.89. The number of fused-ring (bicyclic) bond motifs is 3. The van der Waals surface area contributed by atoms with Gasteiger partial charge in [0, 0.05) is 29.1 Å². The molecule has 4 rings (SSSR count). The Bertz CT molecular complexity index is 1020. The molecule has 1 aromatic carbocycles. The molecule has 2 heterocycles. The molecular weight excluding hydrogens is 330 g/mol. The van der Waals surface area contributed by atoms with Crippen LogP contribution in [0.3, 0.4) is 0 Å². The van der Waals surface area contributed by atoms with E-state index in [0.717, 1.165) is 46.3 Å². The highest BCUT2D eigenvalue weighted by atomic mass is 16.2. The molecule has 1 aliphatic carbocycles. The summed E-state index contributed by atoms with van der Waals surface area (Å²) in [5, 5.41) is 5.65. The van der Waals surface area contributed by atoms with Gasteiger partial charge in [-0.25, -0.2) is 9.50 Å². The maximum absolute atomic E-state index is 12.0. The molecule has 0 saturated heterocycles. The number of hydrazine groups is 1. The average Bonchev–Trinajstić information content (AvgIpc) is 3.42. The second-order valence-electron chi connectivity index (χ2n) is 6.83. The summed E-state index contributed by atoms with van der Waals surface area (Å²) in [6.07, 6.45) is 2.64. The summed E-state index contributed by atoms with van der Waals surface area (Å²) in [6, 6.07) is 7.91. The number of nitrogens with zero attached hydrogens (tertiary/aromatic N) is 3. The van der Waals surface area contributed by atoms with Gasteiger partial charge in [0.05, 0.1) is 5.52 Å². The largest absolute Gasteiger partial charge is 0.273 e. The summed E-state index contributed by atoms with van der Waals surface area (Å²) < 4.78 is 1.85. The molecule has 1 saturated carbocycles. The molecule has 2 amide bonds. The molecule has 7 heteroatoms. The maximum atomic E-state index is 12.0. The Morgan fingerprint density at radius 2 is 1.96 bits per heavy atom. The number of nitrogens with one attached hydrogen (secondary N) is 2. The molecule has 0 atom stereocenters. The van der Waals surface area contributed by atoms with Crippen LogP contribution in [0.25, 0.3) is 16.6 Å². The van der Waals surface area contributed by atoms with Crippen molar-refractivity contribution in [1.29, 1.82) is 0 Å². The zero-order valence-corrected chi connectivity index (χ0v) is 14.9. The van der Waals surface area contributed by atoms with Crippen LogP contribution >= 0.6 is 0 Å². The van der Waals surface area contributed by atoms with Gasteiger partial charge in [-0.2, -0.15) is 5.10 Å². The van der Waals surface area contributed by atoms with E-state index in [1.807, 2.05) is 42.6 Å². The van der Waals surface area contributed by atoms with E-state index in [1.54, 1.807) is 0 Å². The number of hydrogen-bond acceptors (Lipinski definition) is 4. The molecule has 1 aliphatic rings. The number of benzene rings is 1. The molecule has 0 spiro atoms. The Kier molecular flexibility index (Phi) is 4.06. The summed E-state index contributed by atoms with van der Waals surface area (Å²) in [6.45, 7) is 3.95. The lowest BCUT2D eigenvalue weighted by molar-refractivity contribution is -0.129. The Morgan fingerprint density at radius 3 is 2.73 bits per heavy atom. The minimum atomic E-state index is -0.205. The first-order chi connectivity index (χ1) is 12.5. The van der Waals surface area contributed by atoms with E-state index >= 15 is 0 Å². The van der Waals surface area contributed by atoms with Crippen LogP contribution in [0.5, 0.6) is 0 Å². The van der Waals surface area contributed by atoms with Crippen molar-refractivity contribution >= 4 is 28.4 Å². The fourth-order valence-electron chi connectivity index (χ4n) is 3.22. The van der Waals surface area contributed by atoms with Crippen LogP contribution in [0.2, 0.25) is 0 Å². The monoisotopic (exact) mass is 351 g/mol. The van der Waals surface area contributed by atoms with E-state index in [2.05, 4.69) is 16.0 Å². The third kappa shape index (κ3) is 3.00. The van der Waals surface area contributed by atoms with Crippen LogP contribution in [0.15, 0.2) is 24.3 Å². The SMILES string of the molecule is Cc1nc2c3ccccc3nn2c(C)c1CCC(=O)NNC(=O)C1CC1. The summed E-state index contributed by atoms with van der Waals surface area (Å²) >= 11 is 0. The number of carbonyl (C=O) groups is 2. The first-order valence-electron chi connectivity index (χ1n) is 8.87. The maximum Gasteiger partial charge on any atom is 0.241 e. The van der Waals surface area contributed by atoms with Crippen LogP contribution in [-0.4, -0.2) is 26.4 Å². The first-order valence-corrected chi connectivity index (χ1v) is 8.87. The summed E-state index contributed by atoms with van der Waals surface area (Å²) in [5.74, 6) is -0.235. The van der Waals surface area contributed by atoms with Crippen molar-refractivity contribution in [3.63, 3.8) is 0 Å². The van der Waals surface area contributed by atoms with Gasteiger partial charge in [0.15, 0.2) is 5.65 Å². The van der Waals surface area contributed by atoms with Crippen LogP contribution in [0.1, 0.15) is 36.2 Å². The topological polar surface area (TPSA) is 88.4 Å². The van der Waals surface area contributed by atoms with Crippen molar-refractivity contribution in [3.8, 4) is 0 Å². The van der Waals surface area contributed by atoms with E-state index in [9.17, 15) is 9.59 Å². The number of hydrogen-bond donors (Lipinski definition) is 2. The molecule has 2 aromatic heterocycles. The van der Waals surface area contributed by atoms with E-state index in [1.165, 1.54) is 0 Å². The Labute approximate surface area is 150 Å². The zero-order valence-electron chi connectivity index (χ0n) is 14.9. The van der Waals surface area contributed by atoms with Crippen molar-refractivity contribution in [3.05, 3.63) is 41.2 Å². The van der Waals surface area contributed by atoms with Gasteiger partial charge < -0.3 is 0 Å². The van der Waals surface area contributed by atoms with Crippen molar-refractivity contribution < 1.29 is 9.59 Å². The van der Waals surface area contributed by atoms with Crippen molar-refractivity contribution in [1.82, 2.24) is 25.4 Å². The number of aryl methyl sites for hydroxylation is 2. The van der Waals surface area contributed by atoms with Crippen LogP contribution in [0.4, 0.5) is 0 Å². The van der Waals surface area contributed by atoms with Crippen LogP contribution < -0.4 is 10.9 Å². The van der Waals surface area contributed by atoms with E-state index < -0.39 is 0 Å². The zero-order chi connectivity index (χ0) is 18.3. The highest BCUT2D eigenvalue weighted by Gasteiger charge is 2.29. The fraction of sp³-hybridized carbons (Fsp3) is 0.368. The lowest BCUT2D eigenvalue weighted by Crippen LogP contribution is -2.42. The molecule has 7 nitrogen and oxygen atoms in total. The molecule has 0 bridgehead atoms. The third-order valence-corrected chi connectivity index (χ3v) is 4.89. The minimum absolute atomic E-state index is 0.0698. The standard InChI is InChI=1S/C19H21N5O2/c1-11-14(9-10-17(25)21-22-19(26)13-7-8-13)12(2)24-18(20-11)15-5-3-4-6-16(15)23-24/h3-6,13H,7-10H2,1-2H3,(H,21,25)(H,22,26). The molecule has 0 aliphatic heterocycles. The predicted molar refractivity (Wildman–Crippen MR) is 97.3 cm³/mol. The van der Waals surface area contributed by atoms with Crippen molar-refractivity contribution in [2.45, 2.75) is 39.5 Å². The summed E-state index contributed by atoms with van der Waals surface area (Å²) in [5.41, 5.74) is 9.60. The molecule has 0 unspecified atom stereocenters. The first kappa shape index (κ1) is 16.5. The molecular formula is C19H21N5O2. The summed E-state index contributed by atoms with van der Waals surface area (Å²) in [4.78, 5) is 28.3. The quantitative estimate of drug-likeness (QED) is 0.704. The van der Waals surface area contributed by atoms with Gasteiger partial charge in [-0.15, -0.1) is 0 Å². The van der Waals surface area contributed by atoms with Gasteiger partial charge in [-0.3, -0.25) is 20.4 Å². The fourth-order valence-corrected chi connectivity index (χ4v) is 3.22. The second kappa shape index (κ2) is 6.40. The molecule has 0 radical (unpaired) electrons. The second-order valence-corrected chi connectivity index (χ2v) is 6.83. The Balaban J connectivity index is 1.51. The Hall–Kier alpha value is -2.96. The van der Waals surface area contributed by atoms with Gasteiger partial charge in [0.2, 0.25) is 11.8 Å².